The van der Waals surface area contributed by atoms with Gasteiger partial charge in [0.05, 0.1) is 12.6 Å². The van der Waals surface area contributed by atoms with Crippen molar-refractivity contribution in [3.8, 4) is 11.5 Å². The van der Waals surface area contributed by atoms with Crippen molar-refractivity contribution in [2.24, 2.45) is 0 Å². The first-order valence-electron chi connectivity index (χ1n) is 8.42. The number of benzene rings is 2. The van der Waals surface area contributed by atoms with Gasteiger partial charge in [-0.15, -0.1) is 4.72 Å². The Kier molecular flexibility index (Phi) is 6.90. The minimum absolute atomic E-state index is 0.00859. The maximum Gasteiger partial charge on any atom is 0.136 e. The summed E-state index contributed by atoms with van der Waals surface area (Å²) in [6.45, 7) is 7.89. The average molecular weight is 362 g/mol. The Morgan fingerprint density at radius 3 is 2.20 bits per heavy atom. The predicted octanol–water partition coefficient (Wildman–Crippen LogP) is 3.95. The molecule has 0 saturated heterocycles. The van der Waals surface area contributed by atoms with Crippen LogP contribution in [0.15, 0.2) is 48.5 Å². The molecular formula is C20H27NO3S. The number of nitrogens with one attached hydrogen (secondary N) is 1. The quantitative estimate of drug-likeness (QED) is 0.733. The zero-order valence-corrected chi connectivity index (χ0v) is 16.1. The van der Waals surface area contributed by atoms with Crippen LogP contribution in [0.5, 0.6) is 11.5 Å². The van der Waals surface area contributed by atoms with Crippen LogP contribution >= 0.6 is 0 Å². The van der Waals surface area contributed by atoms with Crippen LogP contribution in [0.25, 0.3) is 0 Å². The number of hydrogen-bond acceptors (Lipinski definition) is 4. The van der Waals surface area contributed by atoms with E-state index >= 15 is 0 Å². The van der Waals surface area contributed by atoms with Gasteiger partial charge in [0.25, 0.3) is 0 Å². The Morgan fingerprint density at radius 2 is 1.64 bits per heavy atom. The third-order valence-corrected chi connectivity index (χ3v) is 5.35. The van der Waals surface area contributed by atoms with Crippen LogP contribution in [-0.4, -0.2) is 20.4 Å². The highest BCUT2D eigenvalue weighted by Crippen LogP contribution is 2.24. The SMILES string of the molecule is CC(Cc1cccc(Oc2cccc(CO)c2)c1)N[S@@+]([O-])C(C)(C)C. The lowest BCUT2D eigenvalue weighted by molar-refractivity contribution is 0.281. The van der Waals surface area contributed by atoms with Crippen LogP contribution in [0.4, 0.5) is 0 Å². The molecule has 0 amide bonds. The molecular weight excluding hydrogens is 334 g/mol. The fourth-order valence-electron chi connectivity index (χ4n) is 2.33. The molecule has 25 heavy (non-hydrogen) atoms. The first-order chi connectivity index (χ1) is 11.8. The van der Waals surface area contributed by atoms with E-state index in [1.165, 1.54) is 0 Å². The Labute approximate surface area is 153 Å². The third kappa shape index (κ3) is 6.36. The van der Waals surface area contributed by atoms with Gasteiger partial charge in [0.2, 0.25) is 0 Å². The van der Waals surface area contributed by atoms with E-state index in [0.717, 1.165) is 23.3 Å². The van der Waals surface area contributed by atoms with Gasteiger partial charge >= 0.3 is 0 Å². The van der Waals surface area contributed by atoms with Gasteiger partial charge in [0.15, 0.2) is 0 Å². The van der Waals surface area contributed by atoms with Crippen LogP contribution in [0.1, 0.15) is 38.8 Å². The summed E-state index contributed by atoms with van der Waals surface area (Å²) in [4.78, 5) is 0. The Bertz CT molecular complexity index is 685. The number of hydrogen-bond donors (Lipinski definition) is 2. The van der Waals surface area contributed by atoms with Crippen molar-refractivity contribution in [3.05, 3.63) is 59.7 Å². The largest absolute Gasteiger partial charge is 0.598 e. The normalized spacial score (nSPS) is 14.2. The molecule has 0 fully saturated rings. The molecule has 4 nitrogen and oxygen atoms in total. The second-order valence-electron chi connectivity index (χ2n) is 7.16. The van der Waals surface area contributed by atoms with Gasteiger partial charge in [-0.3, -0.25) is 0 Å². The van der Waals surface area contributed by atoms with Gasteiger partial charge in [0.1, 0.15) is 16.2 Å². The lowest BCUT2D eigenvalue weighted by Gasteiger charge is -2.26. The predicted molar refractivity (Wildman–Crippen MR) is 103 cm³/mol. The lowest BCUT2D eigenvalue weighted by Crippen LogP contribution is -2.44. The van der Waals surface area contributed by atoms with Crippen molar-refractivity contribution in [1.82, 2.24) is 4.72 Å². The highest BCUT2D eigenvalue weighted by atomic mass is 32.2. The fraction of sp³-hybridized carbons (Fsp3) is 0.400. The first-order valence-corrected chi connectivity index (χ1v) is 9.57. The molecule has 0 radical (unpaired) electrons. The van der Waals surface area contributed by atoms with E-state index in [0.29, 0.717) is 5.75 Å². The smallest absolute Gasteiger partial charge is 0.136 e. The van der Waals surface area contributed by atoms with E-state index in [2.05, 4.69) is 4.72 Å². The maximum absolute atomic E-state index is 12.2. The maximum atomic E-state index is 12.2. The van der Waals surface area contributed by atoms with Crippen LogP contribution in [0.3, 0.4) is 0 Å². The van der Waals surface area contributed by atoms with Crippen molar-refractivity contribution in [1.29, 1.82) is 0 Å². The summed E-state index contributed by atoms with van der Waals surface area (Å²) >= 11 is -1.09. The van der Waals surface area contributed by atoms with E-state index in [1.807, 2.05) is 76.2 Å². The summed E-state index contributed by atoms with van der Waals surface area (Å²) in [6.07, 6.45) is 0.760. The van der Waals surface area contributed by atoms with E-state index in [-0.39, 0.29) is 17.4 Å². The molecule has 0 aromatic heterocycles. The van der Waals surface area contributed by atoms with Crippen molar-refractivity contribution in [2.45, 2.75) is 51.5 Å². The standard InChI is InChI=1S/C20H27NO3S/c1-15(21-25(23)20(2,3)4)11-16-7-5-9-18(12-16)24-19-10-6-8-17(13-19)14-22/h5-10,12-13,15,21-22H,11,14H2,1-4H3/t15?,25-/m0/s1. The summed E-state index contributed by atoms with van der Waals surface area (Å²) in [5.74, 6) is 1.44. The molecule has 2 aromatic rings. The molecule has 0 aliphatic carbocycles. The van der Waals surface area contributed by atoms with Gasteiger partial charge in [-0.1, -0.05) is 24.3 Å². The monoisotopic (exact) mass is 361 g/mol. The Hall–Kier alpha value is -1.53. The molecule has 0 aliphatic heterocycles. The zero-order chi connectivity index (χ0) is 18.4. The summed E-state index contributed by atoms with van der Waals surface area (Å²) in [6, 6.07) is 15.4. The Morgan fingerprint density at radius 1 is 1.08 bits per heavy atom. The molecule has 0 spiro atoms. The number of rotatable bonds is 7. The van der Waals surface area contributed by atoms with Gasteiger partial charge in [-0.05, 0) is 69.5 Å². The first kappa shape index (κ1) is 19.8. The van der Waals surface area contributed by atoms with E-state index < -0.39 is 11.4 Å². The minimum atomic E-state index is -1.09. The van der Waals surface area contributed by atoms with Gasteiger partial charge in [-0.2, -0.15) is 0 Å². The molecule has 2 atom stereocenters. The van der Waals surface area contributed by atoms with Gasteiger partial charge < -0.3 is 14.4 Å². The van der Waals surface area contributed by atoms with E-state index in [1.54, 1.807) is 0 Å². The van der Waals surface area contributed by atoms with Crippen LogP contribution in [0, 0.1) is 0 Å². The summed E-state index contributed by atoms with van der Waals surface area (Å²) in [7, 11) is 0. The third-order valence-electron chi connectivity index (χ3n) is 3.62. The molecule has 136 valence electrons. The van der Waals surface area contributed by atoms with Gasteiger partial charge in [-0.25, -0.2) is 0 Å². The minimum Gasteiger partial charge on any atom is -0.598 e. The summed E-state index contributed by atoms with van der Waals surface area (Å²) in [5.41, 5.74) is 1.93. The molecule has 1 unspecified atom stereocenters. The lowest BCUT2D eigenvalue weighted by atomic mass is 10.1. The van der Waals surface area contributed by atoms with E-state index in [9.17, 15) is 9.66 Å². The molecule has 0 saturated carbocycles. The van der Waals surface area contributed by atoms with Crippen LogP contribution < -0.4 is 9.46 Å². The van der Waals surface area contributed by atoms with Gasteiger partial charge in [0, 0.05) is 11.4 Å². The summed E-state index contributed by atoms with van der Waals surface area (Å²) < 4.78 is 21.0. The molecule has 0 aliphatic rings. The number of aliphatic hydroxyl groups is 1. The van der Waals surface area contributed by atoms with Crippen molar-refractivity contribution < 1.29 is 14.4 Å². The highest BCUT2D eigenvalue weighted by molar-refractivity contribution is 7.90. The second-order valence-corrected chi connectivity index (χ2v) is 9.16. The van der Waals surface area contributed by atoms with Crippen molar-refractivity contribution in [2.75, 3.05) is 0 Å². The highest BCUT2D eigenvalue weighted by Gasteiger charge is 2.27. The average Bonchev–Trinajstić information content (AvgIpc) is 2.54. The fourth-order valence-corrected chi connectivity index (χ4v) is 3.14. The number of ether oxygens (including phenoxy) is 1. The van der Waals surface area contributed by atoms with Crippen LogP contribution in [0.2, 0.25) is 0 Å². The Balaban J connectivity index is 2.00. The molecule has 2 N–H and O–H groups in total. The summed E-state index contributed by atoms with van der Waals surface area (Å²) in [5, 5.41) is 9.21. The second kappa shape index (κ2) is 8.72. The molecule has 5 heteroatoms. The molecule has 0 heterocycles. The topological polar surface area (TPSA) is 64.5 Å². The zero-order valence-electron chi connectivity index (χ0n) is 15.3. The van der Waals surface area contributed by atoms with Crippen LogP contribution in [-0.2, 0) is 24.4 Å². The van der Waals surface area contributed by atoms with Crippen molar-refractivity contribution >= 4 is 11.4 Å². The van der Waals surface area contributed by atoms with Crippen molar-refractivity contribution in [3.63, 3.8) is 0 Å². The molecule has 2 aromatic carbocycles. The van der Waals surface area contributed by atoms with E-state index in [4.69, 9.17) is 4.74 Å². The number of aliphatic hydroxyl groups excluding tert-OH is 1. The molecule has 0 bridgehead atoms. The molecule has 2 rings (SSSR count).